The van der Waals surface area contributed by atoms with Crippen molar-refractivity contribution in [1.29, 1.82) is 0 Å². The molecule has 0 spiro atoms. The predicted molar refractivity (Wildman–Crippen MR) is 117 cm³/mol. The maximum Gasteiger partial charge on any atom is 0.243 e. The first-order valence-corrected chi connectivity index (χ1v) is 12.1. The van der Waals surface area contributed by atoms with E-state index in [2.05, 4.69) is 9.88 Å². The first-order valence-electron chi connectivity index (χ1n) is 9.83. The van der Waals surface area contributed by atoms with E-state index in [1.54, 1.807) is 39.9 Å². The molecule has 30 heavy (non-hydrogen) atoms. The number of nitrogens with zero attached hydrogens (tertiary/aromatic N) is 3. The lowest BCUT2D eigenvalue weighted by Gasteiger charge is -2.33. The van der Waals surface area contributed by atoms with Gasteiger partial charge in [-0.1, -0.05) is 6.07 Å². The third kappa shape index (κ3) is 4.46. The van der Waals surface area contributed by atoms with Crippen LogP contribution in [-0.2, 0) is 16.6 Å². The van der Waals surface area contributed by atoms with Crippen LogP contribution in [0.5, 0.6) is 0 Å². The molecule has 2 heterocycles. The molecule has 0 amide bonds. The summed E-state index contributed by atoms with van der Waals surface area (Å²) in [6, 6.07) is 11.6. The van der Waals surface area contributed by atoms with Gasteiger partial charge in [0.25, 0.3) is 0 Å². The summed E-state index contributed by atoms with van der Waals surface area (Å²) >= 11 is 1.57. The van der Waals surface area contributed by atoms with Gasteiger partial charge in [-0.15, -0.1) is 11.3 Å². The Morgan fingerprint density at radius 2 is 1.70 bits per heavy atom. The fourth-order valence-corrected chi connectivity index (χ4v) is 5.83. The van der Waals surface area contributed by atoms with Gasteiger partial charge in [0.1, 0.15) is 10.8 Å². The molecule has 0 aliphatic carbocycles. The summed E-state index contributed by atoms with van der Waals surface area (Å²) < 4.78 is 40.6. The maximum absolute atomic E-state index is 13.1. The highest BCUT2D eigenvalue weighted by Gasteiger charge is 2.29. The number of sulfonamides is 1. The van der Waals surface area contributed by atoms with Gasteiger partial charge in [0.2, 0.25) is 10.0 Å². The monoisotopic (exact) mass is 445 g/mol. The van der Waals surface area contributed by atoms with Crippen molar-refractivity contribution < 1.29 is 12.8 Å². The SMILES string of the molecule is Cc1ccc(S(=O)(=O)N2CCN(Cc3nc(-c4ccc(F)cc4)cs3)CC2)cc1C. The highest BCUT2D eigenvalue weighted by atomic mass is 32.2. The Labute approximate surface area is 180 Å². The molecular weight excluding hydrogens is 421 g/mol. The lowest BCUT2D eigenvalue weighted by atomic mass is 10.1. The number of rotatable bonds is 5. The van der Waals surface area contributed by atoms with Crippen molar-refractivity contribution >= 4 is 21.4 Å². The second kappa shape index (κ2) is 8.55. The van der Waals surface area contributed by atoms with Gasteiger partial charge in [-0.2, -0.15) is 4.31 Å². The second-order valence-corrected chi connectivity index (χ2v) is 10.4. The van der Waals surface area contributed by atoms with Crippen LogP contribution in [-0.4, -0.2) is 48.8 Å². The van der Waals surface area contributed by atoms with E-state index in [0.717, 1.165) is 27.4 Å². The number of hydrogen-bond acceptors (Lipinski definition) is 5. The molecule has 0 radical (unpaired) electrons. The van der Waals surface area contributed by atoms with Crippen LogP contribution >= 0.6 is 11.3 Å². The van der Waals surface area contributed by atoms with E-state index < -0.39 is 10.0 Å². The molecule has 1 aliphatic rings. The Hall–Kier alpha value is -2.13. The summed E-state index contributed by atoms with van der Waals surface area (Å²) in [5, 5.41) is 2.95. The van der Waals surface area contributed by atoms with E-state index in [-0.39, 0.29) is 5.82 Å². The van der Waals surface area contributed by atoms with Crippen LogP contribution in [0.15, 0.2) is 52.7 Å². The Morgan fingerprint density at radius 1 is 1.00 bits per heavy atom. The van der Waals surface area contributed by atoms with Crippen molar-refractivity contribution in [2.45, 2.75) is 25.3 Å². The number of halogens is 1. The highest BCUT2D eigenvalue weighted by Crippen LogP contribution is 2.24. The molecule has 0 N–H and O–H groups in total. The van der Waals surface area contributed by atoms with Crippen molar-refractivity contribution in [2.24, 2.45) is 0 Å². The predicted octanol–water partition coefficient (Wildman–Crippen LogP) is 4.07. The Kier molecular flexibility index (Phi) is 6.02. The van der Waals surface area contributed by atoms with Gasteiger partial charge in [-0.25, -0.2) is 17.8 Å². The summed E-state index contributed by atoms with van der Waals surface area (Å²) in [6.07, 6.45) is 0. The van der Waals surface area contributed by atoms with E-state index in [0.29, 0.717) is 37.6 Å². The number of hydrogen-bond donors (Lipinski definition) is 0. The third-order valence-electron chi connectivity index (χ3n) is 5.50. The number of benzene rings is 2. The second-order valence-electron chi connectivity index (χ2n) is 7.56. The lowest BCUT2D eigenvalue weighted by Crippen LogP contribution is -2.48. The summed E-state index contributed by atoms with van der Waals surface area (Å²) in [5.41, 5.74) is 3.80. The minimum Gasteiger partial charge on any atom is -0.294 e. The van der Waals surface area contributed by atoms with E-state index in [4.69, 9.17) is 0 Å². The van der Waals surface area contributed by atoms with Crippen molar-refractivity contribution in [3.05, 3.63) is 69.8 Å². The van der Waals surface area contributed by atoms with Crippen molar-refractivity contribution in [2.75, 3.05) is 26.2 Å². The molecule has 158 valence electrons. The Balaban J connectivity index is 1.38. The van der Waals surface area contributed by atoms with Gasteiger partial charge in [0.05, 0.1) is 17.1 Å². The third-order valence-corrected chi connectivity index (χ3v) is 8.23. The molecule has 0 saturated carbocycles. The fraction of sp³-hybridized carbons (Fsp3) is 0.318. The topological polar surface area (TPSA) is 53.5 Å². The molecule has 3 aromatic rings. The number of piperazine rings is 1. The molecule has 0 bridgehead atoms. The van der Waals surface area contributed by atoms with Crippen LogP contribution in [0, 0.1) is 19.7 Å². The molecule has 1 fully saturated rings. The molecule has 2 aromatic carbocycles. The Morgan fingerprint density at radius 3 is 2.37 bits per heavy atom. The first-order chi connectivity index (χ1) is 14.3. The average Bonchev–Trinajstić information content (AvgIpc) is 3.19. The highest BCUT2D eigenvalue weighted by molar-refractivity contribution is 7.89. The van der Waals surface area contributed by atoms with Gasteiger partial charge >= 0.3 is 0 Å². The van der Waals surface area contributed by atoms with Crippen LogP contribution in [0.4, 0.5) is 4.39 Å². The minimum absolute atomic E-state index is 0.261. The van der Waals surface area contributed by atoms with Gasteiger partial charge in [0.15, 0.2) is 0 Å². The fourth-order valence-electron chi connectivity index (χ4n) is 3.48. The quantitative estimate of drug-likeness (QED) is 0.594. The summed E-state index contributed by atoms with van der Waals surface area (Å²) in [5.74, 6) is -0.261. The van der Waals surface area contributed by atoms with Crippen LogP contribution in [0.2, 0.25) is 0 Å². The summed E-state index contributed by atoms with van der Waals surface area (Å²) in [6.45, 7) is 6.84. The number of aryl methyl sites for hydroxylation is 2. The molecule has 1 aromatic heterocycles. The standard InChI is InChI=1S/C22H24FN3O2S2/c1-16-3-8-20(13-17(16)2)30(27,28)26-11-9-25(10-12-26)14-22-24-21(15-29-22)18-4-6-19(23)7-5-18/h3-8,13,15H,9-12,14H2,1-2H3. The summed E-state index contributed by atoms with van der Waals surface area (Å²) in [7, 11) is -3.47. The van der Waals surface area contributed by atoms with E-state index in [9.17, 15) is 12.8 Å². The molecular formula is C22H24FN3O2S2. The Bertz CT molecular complexity index is 1140. The van der Waals surface area contributed by atoms with Crippen LogP contribution in [0.3, 0.4) is 0 Å². The molecule has 1 saturated heterocycles. The zero-order valence-electron chi connectivity index (χ0n) is 17.0. The van der Waals surface area contributed by atoms with Gasteiger partial charge in [-0.3, -0.25) is 4.90 Å². The summed E-state index contributed by atoms with van der Waals surface area (Å²) in [4.78, 5) is 7.25. The zero-order valence-corrected chi connectivity index (χ0v) is 18.6. The van der Waals surface area contributed by atoms with Crippen molar-refractivity contribution in [1.82, 2.24) is 14.2 Å². The van der Waals surface area contributed by atoms with Crippen molar-refractivity contribution in [3.63, 3.8) is 0 Å². The van der Waals surface area contributed by atoms with Gasteiger partial charge < -0.3 is 0 Å². The van der Waals surface area contributed by atoms with Gasteiger partial charge in [-0.05, 0) is 61.4 Å². The molecule has 8 heteroatoms. The lowest BCUT2D eigenvalue weighted by molar-refractivity contribution is 0.181. The minimum atomic E-state index is -3.47. The van der Waals surface area contributed by atoms with Gasteiger partial charge in [0, 0.05) is 37.1 Å². The largest absolute Gasteiger partial charge is 0.294 e. The molecule has 0 unspecified atom stereocenters. The molecule has 1 aliphatic heterocycles. The maximum atomic E-state index is 13.1. The number of aromatic nitrogens is 1. The first kappa shape index (κ1) is 21.1. The molecule has 4 rings (SSSR count). The molecule has 0 atom stereocenters. The van der Waals surface area contributed by atoms with E-state index >= 15 is 0 Å². The van der Waals surface area contributed by atoms with Crippen LogP contribution < -0.4 is 0 Å². The van der Waals surface area contributed by atoms with Crippen LogP contribution in [0.25, 0.3) is 11.3 Å². The zero-order chi connectivity index (χ0) is 21.3. The van der Waals surface area contributed by atoms with E-state index in [1.807, 2.05) is 25.3 Å². The average molecular weight is 446 g/mol. The van der Waals surface area contributed by atoms with Crippen molar-refractivity contribution in [3.8, 4) is 11.3 Å². The number of thiazole rings is 1. The normalized spacial score (nSPS) is 16.1. The van der Waals surface area contributed by atoms with E-state index in [1.165, 1.54) is 12.1 Å². The van der Waals surface area contributed by atoms with Crippen LogP contribution in [0.1, 0.15) is 16.1 Å². The molecule has 5 nitrogen and oxygen atoms in total. The smallest absolute Gasteiger partial charge is 0.243 e.